The Morgan fingerprint density at radius 1 is 1.00 bits per heavy atom. The number of anilines is 3. The third-order valence-electron chi connectivity index (χ3n) is 2.02. The van der Waals surface area contributed by atoms with Crippen LogP contribution in [0.2, 0.25) is 0 Å². The molecule has 1 aromatic heterocycles. The molecule has 0 atom stereocenters. The summed E-state index contributed by atoms with van der Waals surface area (Å²) in [5.41, 5.74) is 0.953. The first-order chi connectivity index (χ1) is 8.24. The van der Waals surface area contributed by atoms with Crippen LogP contribution in [-0.2, 0) is 0 Å². The van der Waals surface area contributed by atoms with Crippen molar-refractivity contribution in [3.05, 3.63) is 36.7 Å². The lowest BCUT2D eigenvalue weighted by Gasteiger charge is -2.09. The molecule has 0 saturated heterocycles. The van der Waals surface area contributed by atoms with Crippen molar-refractivity contribution >= 4 is 17.6 Å². The Labute approximate surface area is 100 Å². The van der Waals surface area contributed by atoms with Crippen LogP contribution in [0.4, 0.5) is 17.6 Å². The van der Waals surface area contributed by atoms with Gasteiger partial charge in [-0.3, -0.25) is 0 Å². The lowest BCUT2D eigenvalue weighted by Crippen LogP contribution is -2.13. The lowest BCUT2D eigenvalue weighted by molar-refractivity contribution is 0.868. The highest BCUT2D eigenvalue weighted by Gasteiger charge is 2.01. The fourth-order valence-corrected chi connectivity index (χ4v) is 1.33. The first kappa shape index (κ1) is 11.3. The molecule has 88 valence electrons. The van der Waals surface area contributed by atoms with E-state index in [0.717, 1.165) is 5.69 Å². The molecule has 0 aliphatic heterocycles. The monoisotopic (exact) mass is 229 g/mol. The number of para-hydroxylation sites is 1. The van der Waals surface area contributed by atoms with Gasteiger partial charge in [0.05, 0.1) is 0 Å². The second-order valence-electron chi connectivity index (χ2n) is 3.92. The van der Waals surface area contributed by atoms with Gasteiger partial charge in [0.2, 0.25) is 11.9 Å². The number of nitrogens with one attached hydrogen (secondary N) is 2. The smallest absolute Gasteiger partial charge is 0.231 e. The summed E-state index contributed by atoms with van der Waals surface area (Å²) in [6, 6.07) is 10.1. The Hall–Kier alpha value is -2.17. The second-order valence-corrected chi connectivity index (χ2v) is 3.92. The van der Waals surface area contributed by atoms with Crippen LogP contribution >= 0.6 is 0 Å². The van der Waals surface area contributed by atoms with Gasteiger partial charge in [0.1, 0.15) is 6.33 Å². The van der Waals surface area contributed by atoms with Gasteiger partial charge < -0.3 is 10.6 Å². The van der Waals surface area contributed by atoms with Crippen molar-refractivity contribution in [1.82, 2.24) is 15.0 Å². The summed E-state index contributed by atoms with van der Waals surface area (Å²) >= 11 is 0. The number of hydrogen-bond donors (Lipinski definition) is 2. The summed E-state index contributed by atoms with van der Waals surface area (Å²) in [7, 11) is 0. The summed E-state index contributed by atoms with van der Waals surface area (Å²) < 4.78 is 0. The highest BCUT2D eigenvalue weighted by Crippen LogP contribution is 2.12. The van der Waals surface area contributed by atoms with Crippen molar-refractivity contribution in [3.8, 4) is 0 Å². The maximum Gasteiger partial charge on any atom is 0.231 e. The maximum absolute atomic E-state index is 4.26. The molecule has 0 aliphatic rings. The molecule has 0 bridgehead atoms. The lowest BCUT2D eigenvalue weighted by atomic mass is 10.3. The van der Waals surface area contributed by atoms with Gasteiger partial charge in [-0.05, 0) is 26.0 Å². The third kappa shape index (κ3) is 3.41. The molecular formula is C12H15N5. The first-order valence-corrected chi connectivity index (χ1v) is 5.51. The van der Waals surface area contributed by atoms with Crippen molar-refractivity contribution in [3.63, 3.8) is 0 Å². The predicted octanol–water partition coefficient (Wildman–Crippen LogP) is 2.44. The fourth-order valence-electron chi connectivity index (χ4n) is 1.33. The number of hydrogen-bond acceptors (Lipinski definition) is 5. The maximum atomic E-state index is 4.26. The largest absolute Gasteiger partial charge is 0.352 e. The van der Waals surface area contributed by atoms with E-state index in [1.165, 1.54) is 6.33 Å². The van der Waals surface area contributed by atoms with E-state index < -0.39 is 0 Å². The molecular weight excluding hydrogens is 214 g/mol. The van der Waals surface area contributed by atoms with Crippen LogP contribution in [0.5, 0.6) is 0 Å². The van der Waals surface area contributed by atoms with Crippen LogP contribution in [0.25, 0.3) is 0 Å². The van der Waals surface area contributed by atoms with Crippen molar-refractivity contribution in [2.75, 3.05) is 10.6 Å². The summed E-state index contributed by atoms with van der Waals surface area (Å²) in [6.07, 6.45) is 1.49. The molecule has 2 N–H and O–H groups in total. The van der Waals surface area contributed by atoms with E-state index >= 15 is 0 Å². The van der Waals surface area contributed by atoms with Crippen molar-refractivity contribution in [2.45, 2.75) is 19.9 Å². The van der Waals surface area contributed by atoms with Gasteiger partial charge in [0.25, 0.3) is 0 Å². The van der Waals surface area contributed by atoms with E-state index in [1.807, 2.05) is 44.2 Å². The quantitative estimate of drug-likeness (QED) is 0.843. The van der Waals surface area contributed by atoms with Gasteiger partial charge in [-0.15, -0.1) is 0 Å². The third-order valence-corrected chi connectivity index (χ3v) is 2.02. The zero-order valence-electron chi connectivity index (χ0n) is 9.88. The predicted molar refractivity (Wildman–Crippen MR) is 68.3 cm³/mol. The molecule has 1 aromatic carbocycles. The SMILES string of the molecule is CC(C)Nc1ncnc(Nc2ccccc2)n1. The summed E-state index contributed by atoms with van der Waals surface area (Å²) in [5.74, 6) is 1.11. The highest BCUT2D eigenvalue weighted by molar-refractivity contribution is 5.53. The zero-order chi connectivity index (χ0) is 12.1. The molecule has 1 heterocycles. The minimum Gasteiger partial charge on any atom is -0.352 e. The molecule has 0 saturated carbocycles. The van der Waals surface area contributed by atoms with E-state index in [4.69, 9.17) is 0 Å². The molecule has 0 spiro atoms. The molecule has 0 aliphatic carbocycles. The number of nitrogens with zero attached hydrogens (tertiary/aromatic N) is 3. The molecule has 0 fully saturated rings. The minimum atomic E-state index is 0.293. The number of rotatable bonds is 4. The summed E-state index contributed by atoms with van der Waals surface area (Å²) in [6.45, 7) is 4.07. The molecule has 0 radical (unpaired) electrons. The van der Waals surface area contributed by atoms with Gasteiger partial charge in [-0.25, -0.2) is 9.97 Å². The van der Waals surface area contributed by atoms with Crippen LogP contribution in [0, 0.1) is 0 Å². The normalized spacial score (nSPS) is 10.3. The van der Waals surface area contributed by atoms with Crippen LogP contribution in [0.1, 0.15) is 13.8 Å². The van der Waals surface area contributed by atoms with Gasteiger partial charge in [-0.1, -0.05) is 18.2 Å². The van der Waals surface area contributed by atoms with E-state index in [0.29, 0.717) is 17.9 Å². The molecule has 17 heavy (non-hydrogen) atoms. The van der Waals surface area contributed by atoms with E-state index in [9.17, 15) is 0 Å². The van der Waals surface area contributed by atoms with Crippen molar-refractivity contribution in [1.29, 1.82) is 0 Å². The topological polar surface area (TPSA) is 62.7 Å². The van der Waals surface area contributed by atoms with E-state index in [2.05, 4.69) is 25.6 Å². The van der Waals surface area contributed by atoms with Crippen LogP contribution < -0.4 is 10.6 Å². The molecule has 2 rings (SSSR count). The Morgan fingerprint density at radius 3 is 2.41 bits per heavy atom. The van der Waals surface area contributed by atoms with Crippen LogP contribution in [-0.4, -0.2) is 21.0 Å². The standard InChI is InChI=1S/C12H15N5/c1-9(2)15-11-13-8-14-12(17-11)16-10-6-4-3-5-7-10/h3-9H,1-2H3,(H2,13,14,15,16,17). The molecule has 0 unspecified atom stereocenters. The summed E-state index contributed by atoms with van der Waals surface area (Å²) in [4.78, 5) is 12.4. The van der Waals surface area contributed by atoms with E-state index in [-0.39, 0.29) is 0 Å². The fraction of sp³-hybridized carbons (Fsp3) is 0.250. The summed E-state index contributed by atoms with van der Waals surface area (Å²) in [5, 5.41) is 6.24. The average Bonchev–Trinajstić information content (AvgIpc) is 2.30. The average molecular weight is 229 g/mol. The Balaban J connectivity index is 2.11. The van der Waals surface area contributed by atoms with Gasteiger partial charge >= 0.3 is 0 Å². The van der Waals surface area contributed by atoms with Gasteiger partial charge in [-0.2, -0.15) is 4.98 Å². The first-order valence-electron chi connectivity index (χ1n) is 5.51. The second kappa shape index (κ2) is 5.25. The Morgan fingerprint density at radius 2 is 1.71 bits per heavy atom. The van der Waals surface area contributed by atoms with Crippen molar-refractivity contribution in [2.24, 2.45) is 0 Å². The van der Waals surface area contributed by atoms with Gasteiger partial charge in [0.15, 0.2) is 0 Å². The van der Waals surface area contributed by atoms with Crippen molar-refractivity contribution < 1.29 is 0 Å². The Bertz CT molecular complexity index is 469. The van der Waals surface area contributed by atoms with E-state index in [1.54, 1.807) is 0 Å². The van der Waals surface area contributed by atoms with Gasteiger partial charge in [0, 0.05) is 11.7 Å². The Kier molecular flexibility index (Phi) is 3.49. The number of aromatic nitrogens is 3. The van der Waals surface area contributed by atoms with Crippen LogP contribution in [0.15, 0.2) is 36.7 Å². The minimum absolute atomic E-state index is 0.293. The molecule has 5 heteroatoms. The highest BCUT2D eigenvalue weighted by atomic mass is 15.2. The molecule has 0 amide bonds. The molecule has 2 aromatic rings. The molecule has 5 nitrogen and oxygen atoms in total. The van der Waals surface area contributed by atoms with Crippen LogP contribution in [0.3, 0.4) is 0 Å². The zero-order valence-corrected chi connectivity index (χ0v) is 9.88. The number of benzene rings is 1.